The van der Waals surface area contributed by atoms with Gasteiger partial charge in [0.2, 0.25) is 0 Å². The van der Waals surface area contributed by atoms with E-state index in [1.165, 1.54) is 18.2 Å². The van der Waals surface area contributed by atoms with Crippen LogP contribution in [0.5, 0.6) is 5.75 Å². The maximum absolute atomic E-state index is 13.1. The van der Waals surface area contributed by atoms with Gasteiger partial charge in [-0.25, -0.2) is 4.39 Å². The van der Waals surface area contributed by atoms with Crippen LogP contribution in [0.4, 0.5) is 4.39 Å². The molecule has 2 nitrogen and oxygen atoms in total. The molecule has 76 valence electrons. The van der Waals surface area contributed by atoms with Crippen molar-refractivity contribution in [3.63, 3.8) is 0 Å². The molecule has 0 aromatic heterocycles. The fourth-order valence-electron chi connectivity index (χ4n) is 1.02. The lowest BCUT2D eigenvalue weighted by atomic mass is 10.1. The van der Waals surface area contributed by atoms with Crippen molar-refractivity contribution in [1.29, 1.82) is 0 Å². The van der Waals surface area contributed by atoms with Gasteiger partial charge in [-0.2, -0.15) is 0 Å². The fraction of sp³-hybridized carbons (Fsp3) is 0.300. The maximum Gasteiger partial charge on any atom is 0.173 e. The predicted octanol–water partition coefficient (Wildman–Crippen LogP) is 2.80. The highest BCUT2D eigenvalue weighted by molar-refractivity contribution is 9.09. The molecule has 0 saturated heterocycles. The van der Waals surface area contributed by atoms with Crippen LogP contribution in [0.25, 0.3) is 0 Å². The summed E-state index contributed by atoms with van der Waals surface area (Å²) in [4.78, 5) is 11.3. The van der Waals surface area contributed by atoms with Crippen LogP contribution in [-0.2, 0) is 0 Å². The Hall–Kier alpha value is -0.900. The van der Waals surface area contributed by atoms with Crippen LogP contribution < -0.4 is 4.74 Å². The van der Waals surface area contributed by atoms with Gasteiger partial charge in [0.15, 0.2) is 17.3 Å². The van der Waals surface area contributed by atoms with Crippen molar-refractivity contribution in [3.8, 4) is 5.75 Å². The zero-order valence-electron chi connectivity index (χ0n) is 7.72. The Balaban J connectivity index is 2.99. The minimum absolute atomic E-state index is 0.0917. The Morgan fingerprint density at radius 2 is 2.29 bits per heavy atom. The van der Waals surface area contributed by atoms with E-state index in [4.69, 9.17) is 4.74 Å². The van der Waals surface area contributed by atoms with Gasteiger partial charge in [0.25, 0.3) is 0 Å². The number of benzene rings is 1. The zero-order valence-corrected chi connectivity index (χ0v) is 9.30. The third kappa shape index (κ3) is 2.54. The van der Waals surface area contributed by atoms with Gasteiger partial charge in [0.05, 0.1) is 11.9 Å². The van der Waals surface area contributed by atoms with Gasteiger partial charge in [0, 0.05) is 5.56 Å². The Morgan fingerprint density at radius 3 is 2.86 bits per heavy atom. The van der Waals surface area contributed by atoms with Crippen LogP contribution in [0.1, 0.15) is 17.3 Å². The molecule has 0 amide bonds. The molecule has 1 aromatic rings. The summed E-state index contributed by atoms with van der Waals surface area (Å²) >= 11 is 3.05. The molecule has 0 aliphatic carbocycles. The number of rotatable bonds is 4. The van der Waals surface area contributed by atoms with Gasteiger partial charge >= 0.3 is 0 Å². The number of carbonyl (C=O) groups is 1. The molecule has 1 aromatic carbocycles. The molecule has 1 rings (SSSR count). The monoisotopic (exact) mass is 260 g/mol. The lowest BCUT2D eigenvalue weighted by Gasteiger charge is -2.05. The van der Waals surface area contributed by atoms with E-state index in [0.717, 1.165) is 0 Å². The SMILES string of the molecule is CCOc1cc(C(=O)CBr)ccc1F. The van der Waals surface area contributed by atoms with E-state index in [0.29, 0.717) is 12.2 Å². The number of hydrogen-bond donors (Lipinski definition) is 0. The van der Waals surface area contributed by atoms with Crippen LogP contribution in [0.3, 0.4) is 0 Å². The first-order valence-corrected chi connectivity index (χ1v) is 5.32. The van der Waals surface area contributed by atoms with Gasteiger partial charge in [-0.15, -0.1) is 0 Å². The number of halogens is 2. The summed E-state index contributed by atoms with van der Waals surface area (Å²) in [6.07, 6.45) is 0. The number of ketones is 1. The lowest BCUT2D eigenvalue weighted by molar-refractivity contribution is 0.102. The molecule has 0 aliphatic heterocycles. The molecular weight excluding hydrogens is 251 g/mol. The predicted molar refractivity (Wildman–Crippen MR) is 55.7 cm³/mol. The van der Waals surface area contributed by atoms with Crippen LogP contribution in [0.15, 0.2) is 18.2 Å². The molecule has 0 N–H and O–H groups in total. The van der Waals surface area contributed by atoms with Crippen molar-refractivity contribution in [2.75, 3.05) is 11.9 Å². The molecule has 0 unspecified atom stereocenters. The number of ether oxygens (including phenoxy) is 1. The highest BCUT2D eigenvalue weighted by Gasteiger charge is 2.08. The molecule has 14 heavy (non-hydrogen) atoms. The number of Topliss-reactive ketones (excluding diaryl/α,β-unsaturated/α-hetero) is 1. The Morgan fingerprint density at radius 1 is 1.57 bits per heavy atom. The Kier molecular flexibility index (Phi) is 4.07. The molecule has 0 heterocycles. The van der Waals surface area contributed by atoms with Crippen LogP contribution in [0, 0.1) is 5.82 Å². The van der Waals surface area contributed by atoms with E-state index >= 15 is 0 Å². The zero-order chi connectivity index (χ0) is 10.6. The molecule has 0 atom stereocenters. The van der Waals surface area contributed by atoms with E-state index in [1.54, 1.807) is 6.92 Å². The first-order valence-electron chi connectivity index (χ1n) is 4.20. The van der Waals surface area contributed by atoms with Crippen molar-refractivity contribution in [3.05, 3.63) is 29.6 Å². The fourth-order valence-corrected chi connectivity index (χ4v) is 1.34. The molecular formula is C10H10BrFO2. The minimum atomic E-state index is -0.446. The second-order valence-corrected chi connectivity index (χ2v) is 3.20. The number of alkyl halides is 1. The van der Waals surface area contributed by atoms with Gasteiger partial charge in [-0.1, -0.05) is 15.9 Å². The third-order valence-electron chi connectivity index (χ3n) is 1.67. The van der Waals surface area contributed by atoms with Crippen molar-refractivity contribution in [2.24, 2.45) is 0 Å². The summed E-state index contributed by atoms with van der Waals surface area (Å²) in [5.74, 6) is -0.414. The topological polar surface area (TPSA) is 26.3 Å². The molecule has 0 fully saturated rings. The molecule has 0 saturated carbocycles. The second kappa shape index (κ2) is 5.10. The van der Waals surface area contributed by atoms with Crippen LogP contribution >= 0.6 is 15.9 Å². The third-order valence-corrected chi connectivity index (χ3v) is 2.18. The van der Waals surface area contributed by atoms with E-state index in [9.17, 15) is 9.18 Å². The van der Waals surface area contributed by atoms with E-state index in [2.05, 4.69) is 15.9 Å². The van der Waals surface area contributed by atoms with Gasteiger partial charge in [0.1, 0.15) is 0 Å². The Bertz CT molecular complexity index is 339. The minimum Gasteiger partial charge on any atom is -0.491 e. The van der Waals surface area contributed by atoms with Crippen molar-refractivity contribution in [2.45, 2.75) is 6.92 Å². The van der Waals surface area contributed by atoms with E-state index in [-0.39, 0.29) is 16.9 Å². The molecule has 4 heteroatoms. The van der Waals surface area contributed by atoms with E-state index < -0.39 is 5.82 Å². The lowest BCUT2D eigenvalue weighted by Crippen LogP contribution is -2.02. The summed E-state index contributed by atoms with van der Waals surface area (Å²) in [5.41, 5.74) is 0.451. The highest BCUT2D eigenvalue weighted by atomic mass is 79.9. The average molecular weight is 261 g/mol. The summed E-state index contributed by atoms with van der Waals surface area (Å²) < 4.78 is 18.1. The van der Waals surface area contributed by atoms with Crippen LogP contribution in [0.2, 0.25) is 0 Å². The summed E-state index contributed by atoms with van der Waals surface area (Å²) in [6.45, 7) is 2.14. The molecule has 0 aliphatic rings. The van der Waals surface area contributed by atoms with Gasteiger partial charge in [-0.05, 0) is 25.1 Å². The Labute approximate surface area is 90.2 Å². The summed E-state index contributed by atoms with van der Waals surface area (Å²) in [5, 5.41) is 0.226. The quantitative estimate of drug-likeness (QED) is 0.615. The number of carbonyl (C=O) groups excluding carboxylic acids is 1. The van der Waals surface area contributed by atoms with Crippen LogP contribution in [-0.4, -0.2) is 17.7 Å². The normalized spacial score (nSPS) is 9.93. The average Bonchev–Trinajstić information content (AvgIpc) is 2.20. The molecule has 0 spiro atoms. The number of hydrogen-bond acceptors (Lipinski definition) is 2. The largest absolute Gasteiger partial charge is 0.491 e. The van der Waals surface area contributed by atoms with Gasteiger partial charge in [-0.3, -0.25) is 4.79 Å². The smallest absolute Gasteiger partial charge is 0.173 e. The standard InChI is InChI=1S/C10H10BrFO2/c1-2-14-10-5-7(9(13)6-11)3-4-8(10)12/h3-5H,2,6H2,1H3. The molecule has 0 bridgehead atoms. The maximum atomic E-state index is 13.1. The van der Waals surface area contributed by atoms with Crippen molar-refractivity contribution >= 4 is 21.7 Å². The molecule has 0 radical (unpaired) electrons. The first-order chi connectivity index (χ1) is 6.69. The van der Waals surface area contributed by atoms with Crippen molar-refractivity contribution in [1.82, 2.24) is 0 Å². The van der Waals surface area contributed by atoms with Crippen molar-refractivity contribution < 1.29 is 13.9 Å². The second-order valence-electron chi connectivity index (χ2n) is 2.64. The van der Waals surface area contributed by atoms with E-state index in [1.807, 2.05) is 0 Å². The highest BCUT2D eigenvalue weighted by Crippen LogP contribution is 2.19. The summed E-state index contributed by atoms with van der Waals surface area (Å²) in [7, 11) is 0. The summed E-state index contributed by atoms with van der Waals surface area (Å²) in [6, 6.07) is 4.10. The van der Waals surface area contributed by atoms with Gasteiger partial charge < -0.3 is 4.74 Å². The first kappa shape index (κ1) is 11.2.